The standard InChI is InChI=1S/C15H16ClN3O/c1-17-14-13(16)9-12(10-19-14)15(20)18-8-7-11-5-3-2-4-6-11/h2-6,9-10H,7-8H2,1H3,(H,17,19)(H,18,20). The maximum atomic E-state index is 12.0. The number of nitrogens with one attached hydrogen (secondary N) is 2. The minimum Gasteiger partial charge on any atom is -0.372 e. The van der Waals surface area contributed by atoms with Gasteiger partial charge in [0.25, 0.3) is 5.91 Å². The summed E-state index contributed by atoms with van der Waals surface area (Å²) >= 11 is 6.00. The summed E-state index contributed by atoms with van der Waals surface area (Å²) in [6, 6.07) is 11.6. The van der Waals surface area contributed by atoms with E-state index in [0.29, 0.717) is 22.9 Å². The number of pyridine rings is 1. The summed E-state index contributed by atoms with van der Waals surface area (Å²) in [6.45, 7) is 0.578. The van der Waals surface area contributed by atoms with Gasteiger partial charge in [-0.1, -0.05) is 41.9 Å². The number of nitrogens with zero attached hydrogens (tertiary/aromatic N) is 1. The number of aromatic nitrogens is 1. The Balaban J connectivity index is 1.90. The molecule has 1 amide bonds. The van der Waals surface area contributed by atoms with E-state index >= 15 is 0 Å². The summed E-state index contributed by atoms with van der Waals surface area (Å²) in [5.41, 5.74) is 1.65. The summed E-state index contributed by atoms with van der Waals surface area (Å²) in [5.74, 6) is 0.394. The van der Waals surface area contributed by atoms with Crippen molar-refractivity contribution in [2.24, 2.45) is 0 Å². The molecule has 5 heteroatoms. The van der Waals surface area contributed by atoms with Crippen LogP contribution < -0.4 is 10.6 Å². The Bertz CT molecular complexity index is 587. The van der Waals surface area contributed by atoms with Gasteiger partial charge >= 0.3 is 0 Å². The highest BCUT2D eigenvalue weighted by Crippen LogP contribution is 2.19. The van der Waals surface area contributed by atoms with E-state index in [1.165, 1.54) is 11.8 Å². The Morgan fingerprint density at radius 2 is 2.05 bits per heavy atom. The number of rotatable bonds is 5. The highest BCUT2D eigenvalue weighted by atomic mass is 35.5. The first-order valence-electron chi connectivity index (χ1n) is 6.36. The lowest BCUT2D eigenvalue weighted by atomic mass is 10.1. The molecular weight excluding hydrogens is 274 g/mol. The minimum absolute atomic E-state index is 0.169. The smallest absolute Gasteiger partial charge is 0.252 e. The molecule has 0 spiro atoms. The van der Waals surface area contributed by atoms with Crippen LogP contribution >= 0.6 is 11.6 Å². The zero-order chi connectivity index (χ0) is 14.4. The van der Waals surface area contributed by atoms with E-state index in [1.807, 2.05) is 30.3 Å². The molecule has 0 fully saturated rings. The van der Waals surface area contributed by atoms with Crippen molar-refractivity contribution in [3.63, 3.8) is 0 Å². The van der Waals surface area contributed by atoms with E-state index in [4.69, 9.17) is 11.6 Å². The third-order valence-electron chi connectivity index (χ3n) is 2.88. The Morgan fingerprint density at radius 3 is 2.70 bits per heavy atom. The predicted octanol–water partition coefficient (Wildman–Crippen LogP) is 2.75. The quantitative estimate of drug-likeness (QED) is 0.890. The van der Waals surface area contributed by atoms with Crippen LogP contribution in [0.25, 0.3) is 0 Å². The van der Waals surface area contributed by atoms with Crippen LogP contribution in [0.2, 0.25) is 5.02 Å². The van der Waals surface area contributed by atoms with Crippen molar-refractivity contribution < 1.29 is 4.79 Å². The van der Waals surface area contributed by atoms with Gasteiger partial charge in [0.15, 0.2) is 0 Å². The number of carbonyl (C=O) groups excluding carboxylic acids is 1. The number of anilines is 1. The molecule has 0 saturated heterocycles. The average molecular weight is 290 g/mol. The van der Waals surface area contributed by atoms with Crippen LogP contribution in [0.5, 0.6) is 0 Å². The van der Waals surface area contributed by atoms with Crippen molar-refractivity contribution in [1.82, 2.24) is 10.3 Å². The Hall–Kier alpha value is -2.07. The lowest BCUT2D eigenvalue weighted by Crippen LogP contribution is -2.25. The second kappa shape index (κ2) is 6.91. The fourth-order valence-electron chi connectivity index (χ4n) is 1.81. The fourth-order valence-corrected chi connectivity index (χ4v) is 2.07. The molecule has 0 aliphatic heterocycles. The molecule has 2 rings (SSSR count). The van der Waals surface area contributed by atoms with Gasteiger partial charge in [-0.15, -0.1) is 0 Å². The first-order valence-corrected chi connectivity index (χ1v) is 6.74. The summed E-state index contributed by atoms with van der Waals surface area (Å²) in [4.78, 5) is 16.0. The molecule has 0 saturated carbocycles. The Kier molecular flexibility index (Phi) is 4.96. The van der Waals surface area contributed by atoms with E-state index in [-0.39, 0.29) is 5.91 Å². The molecule has 4 nitrogen and oxygen atoms in total. The maximum absolute atomic E-state index is 12.0. The monoisotopic (exact) mass is 289 g/mol. The van der Waals surface area contributed by atoms with Crippen molar-refractivity contribution in [3.05, 3.63) is 58.7 Å². The molecule has 104 valence electrons. The van der Waals surface area contributed by atoms with Gasteiger partial charge in [-0.2, -0.15) is 0 Å². The number of hydrogen-bond donors (Lipinski definition) is 2. The largest absolute Gasteiger partial charge is 0.372 e. The van der Waals surface area contributed by atoms with Gasteiger partial charge in [-0.25, -0.2) is 4.98 Å². The van der Waals surface area contributed by atoms with Gasteiger partial charge in [-0.05, 0) is 18.1 Å². The number of carbonyl (C=O) groups is 1. The van der Waals surface area contributed by atoms with E-state index in [0.717, 1.165) is 6.42 Å². The lowest BCUT2D eigenvalue weighted by molar-refractivity contribution is 0.0954. The molecule has 0 radical (unpaired) electrons. The highest BCUT2D eigenvalue weighted by Gasteiger charge is 2.08. The normalized spacial score (nSPS) is 10.1. The van der Waals surface area contributed by atoms with E-state index < -0.39 is 0 Å². The van der Waals surface area contributed by atoms with Crippen LogP contribution in [-0.4, -0.2) is 24.5 Å². The summed E-state index contributed by atoms with van der Waals surface area (Å²) in [6.07, 6.45) is 2.30. The predicted molar refractivity (Wildman–Crippen MR) is 81.3 cm³/mol. The highest BCUT2D eigenvalue weighted by molar-refractivity contribution is 6.33. The van der Waals surface area contributed by atoms with Crippen molar-refractivity contribution in [3.8, 4) is 0 Å². The van der Waals surface area contributed by atoms with Crippen molar-refractivity contribution in [1.29, 1.82) is 0 Å². The molecule has 0 bridgehead atoms. The van der Waals surface area contributed by atoms with E-state index in [2.05, 4.69) is 15.6 Å². The van der Waals surface area contributed by atoms with Crippen LogP contribution in [-0.2, 0) is 6.42 Å². The molecule has 0 atom stereocenters. The van der Waals surface area contributed by atoms with Crippen LogP contribution in [0.4, 0.5) is 5.82 Å². The van der Waals surface area contributed by atoms with Gasteiger partial charge in [0.2, 0.25) is 0 Å². The topological polar surface area (TPSA) is 54.0 Å². The zero-order valence-corrected chi connectivity index (χ0v) is 11.9. The Labute approximate surface area is 123 Å². The van der Waals surface area contributed by atoms with Crippen LogP contribution in [0, 0.1) is 0 Å². The second-order valence-corrected chi connectivity index (χ2v) is 4.70. The molecule has 1 aromatic carbocycles. The molecule has 0 aliphatic carbocycles. The molecule has 0 unspecified atom stereocenters. The third kappa shape index (κ3) is 3.71. The maximum Gasteiger partial charge on any atom is 0.252 e. The van der Waals surface area contributed by atoms with Crippen LogP contribution in [0.15, 0.2) is 42.6 Å². The minimum atomic E-state index is -0.169. The van der Waals surface area contributed by atoms with E-state index in [1.54, 1.807) is 13.1 Å². The molecule has 0 aliphatic rings. The van der Waals surface area contributed by atoms with Crippen molar-refractivity contribution in [2.75, 3.05) is 18.9 Å². The lowest BCUT2D eigenvalue weighted by Gasteiger charge is -2.07. The van der Waals surface area contributed by atoms with Gasteiger partial charge < -0.3 is 10.6 Å². The molecule has 2 N–H and O–H groups in total. The summed E-state index contributed by atoms with van der Waals surface area (Å²) in [7, 11) is 1.73. The van der Waals surface area contributed by atoms with Crippen LogP contribution in [0.3, 0.4) is 0 Å². The van der Waals surface area contributed by atoms with Gasteiger partial charge in [-0.3, -0.25) is 4.79 Å². The molecule has 1 aromatic heterocycles. The van der Waals surface area contributed by atoms with Gasteiger partial charge in [0.05, 0.1) is 10.6 Å². The van der Waals surface area contributed by atoms with Crippen molar-refractivity contribution in [2.45, 2.75) is 6.42 Å². The second-order valence-electron chi connectivity index (χ2n) is 4.30. The first-order chi connectivity index (χ1) is 9.70. The van der Waals surface area contributed by atoms with Gasteiger partial charge in [0.1, 0.15) is 5.82 Å². The molecular formula is C15H16ClN3O. The number of amides is 1. The van der Waals surface area contributed by atoms with Crippen molar-refractivity contribution >= 4 is 23.3 Å². The van der Waals surface area contributed by atoms with E-state index in [9.17, 15) is 4.79 Å². The summed E-state index contributed by atoms with van der Waals surface area (Å²) < 4.78 is 0. The molecule has 20 heavy (non-hydrogen) atoms. The Morgan fingerprint density at radius 1 is 1.30 bits per heavy atom. The zero-order valence-electron chi connectivity index (χ0n) is 11.2. The fraction of sp³-hybridized carbons (Fsp3) is 0.200. The number of benzene rings is 1. The first kappa shape index (κ1) is 14.3. The number of hydrogen-bond acceptors (Lipinski definition) is 3. The summed E-state index contributed by atoms with van der Waals surface area (Å²) in [5, 5.41) is 6.14. The van der Waals surface area contributed by atoms with Gasteiger partial charge in [0, 0.05) is 19.8 Å². The SMILES string of the molecule is CNc1ncc(C(=O)NCCc2ccccc2)cc1Cl. The average Bonchev–Trinajstić information content (AvgIpc) is 2.48. The van der Waals surface area contributed by atoms with Crippen LogP contribution in [0.1, 0.15) is 15.9 Å². The third-order valence-corrected chi connectivity index (χ3v) is 3.17. The molecule has 2 aromatic rings. The molecule has 1 heterocycles. The number of halogens is 1.